The van der Waals surface area contributed by atoms with Crippen molar-refractivity contribution in [2.24, 2.45) is 5.92 Å². The van der Waals surface area contributed by atoms with E-state index in [0.717, 1.165) is 12.8 Å². The summed E-state index contributed by atoms with van der Waals surface area (Å²) in [4.78, 5) is 16.9. The number of rotatable bonds is 5. The highest BCUT2D eigenvalue weighted by Gasteiger charge is 2.54. The van der Waals surface area contributed by atoms with Crippen LogP contribution in [0.4, 0.5) is 0 Å². The van der Waals surface area contributed by atoms with Crippen LogP contribution in [-0.4, -0.2) is 44.5 Å². The number of carboxylic acid groups (broad SMARTS) is 1. The quantitative estimate of drug-likeness (QED) is 0.812. The predicted molar refractivity (Wildman–Crippen MR) is 77.2 cm³/mol. The van der Waals surface area contributed by atoms with Crippen LogP contribution in [0.25, 0.3) is 0 Å². The molecule has 20 heavy (non-hydrogen) atoms. The lowest BCUT2D eigenvalue weighted by Crippen LogP contribution is -2.68. The van der Waals surface area contributed by atoms with E-state index in [4.69, 9.17) is 9.94 Å². The lowest BCUT2D eigenvalue weighted by Gasteiger charge is -2.58. The van der Waals surface area contributed by atoms with Crippen molar-refractivity contribution in [2.45, 2.75) is 84.1 Å². The molecule has 0 radical (unpaired) electrons. The molecule has 118 valence electrons. The first kappa shape index (κ1) is 17.4. The number of piperidine rings is 1. The molecule has 0 aromatic heterocycles. The predicted octanol–water partition coefficient (Wildman–Crippen LogP) is 2.43. The smallest absolute Gasteiger partial charge is 0.334 e. The second-order valence-electron chi connectivity index (χ2n) is 6.50. The fourth-order valence-corrected chi connectivity index (χ4v) is 3.13. The van der Waals surface area contributed by atoms with Crippen molar-refractivity contribution in [1.82, 2.24) is 5.06 Å². The zero-order valence-electron chi connectivity index (χ0n) is 13.5. The summed E-state index contributed by atoms with van der Waals surface area (Å²) in [5.41, 5.74) is -0.744. The van der Waals surface area contributed by atoms with Gasteiger partial charge in [0.15, 0.2) is 6.10 Å². The first-order chi connectivity index (χ1) is 9.12. The van der Waals surface area contributed by atoms with E-state index in [1.165, 1.54) is 0 Å². The highest BCUT2D eigenvalue weighted by Crippen LogP contribution is 2.46. The number of hydrogen-bond donors (Lipinski definition) is 2. The van der Waals surface area contributed by atoms with E-state index in [0.29, 0.717) is 6.42 Å². The Bertz CT molecular complexity index is 362. The van der Waals surface area contributed by atoms with Crippen molar-refractivity contribution in [2.75, 3.05) is 0 Å². The fraction of sp³-hybridized carbons (Fsp3) is 0.933. The van der Waals surface area contributed by atoms with Gasteiger partial charge in [-0.2, -0.15) is 5.06 Å². The summed E-state index contributed by atoms with van der Waals surface area (Å²) in [6, 6.07) is 0. The third-order valence-corrected chi connectivity index (χ3v) is 5.25. The molecule has 1 aliphatic heterocycles. The summed E-state index contributed by atoms with van der Waals surface area (Å²) in [5, 5.41) is 21.3. The summed E-state index contributed by atoms with van der Waals surface area (Å²) in [6.07, 6.45) is 0.873. The lowest BCUT2D eigenvalue weighted by atomic mass is 9.69. The van der Waals surface area contributed by atoms with Gasteiger partial charge in [0, 0.05) is 17.0 Å². The Morgan fingerprint density at radius 3 is 2.35 bits per heavy atom. The van der Waals surface area contributed by atoms with Crippen molar-refractivity contribution < 1.29 is 19.8 Å². The number of aliphatic hydroxyl groups is 1. The Balaban J connectivity index is 3.17. The van der Waals surface area contributed by atoms with Gasteiger partial charge in [0.2, 0.25) is 0 Å². The van der Waals surface area contributed by atoms with Crippen molar-refractivity contribution in [3.05, 3.63) is 0 Å². The number of nitrogens with zero attached hydrogens (tertiary/aromatic N) is 1. The minimum absolute atomic E-state index is 0.0214. The number of hydroxylamine groups is 2. The molecular weight excluding hydrogens is 258 g/mol. The van der Waals surface area contributed by atoms with E-state index < -0.39 is 18.2 Å². The Morgan fingerprint density at radius 1 is 1.40 bits per heavy atom. The molecule has 5 unspecified atom stereocenters. The first-order valence-electron chi connectivity index (χ1n) is 7.50. The molecule has 0 saturated carbocycles. The minimum Gasteiger partial charge on any atom is -0.479 e. The molecule has 1 fully saturated rings. The molecule has 2 N–H and O–H groups in total. The van der Waals surface area contributed by atoms with Gasteiger partial charge < -0.3 is 10.2 Å². The van der Waals surface area contributed by atoms with Crippen molar-refractivity contribution >= 4 is 5.97 Å². The van der Waals surface area contributed by atoms with E-state index in [1.54, 1.807) is 6.92 Å². The third kappa shape index (κ3) is 2.85. The maximum atomic E-state index is 11.1. The van der Waals surface area contributed by atoms with Gasteiger partial charge >= 0.3 is 5.97 Å². The number of aliphatic carboxylic acids is 1. The van der Waals surface area contributed by atoms with Crippen LogP contribution in [0.5, 0.6) is 0 Å². The molecule has 0 amide bonds. The van der Waals surface area contributed by atoms with Crippen LogP contribution >= 0.6 is 0 Å². The molecule has 1 rings (SSSR count). The topological polar surface area (TPSA) is 70.0 Å². The summed E-state index contributed by atoms with van der Waals surface area (Å²) in [6.45, 7) is 11.7. The van der Waals surface area contributed by atoms with Crippen molar-refractivity contribution in [3.8, 4) is 0 Å². The third-order valence-electron chi connectivity index (χ3n) is 5.25. The van der Waals surface area contributed by atoms with E-state index >= 15 is 0 Å². The second-order valence-corrected chi connectivity index (χ2v) is 6.50. The molecule has 0 bridgehead atoms. The largest absolute Gasteiger partial charge is 0.479 e. The highest BCUT2D eigenvalue weighted by molar-refractivity contribution is 5.71. The minimum atomic E-state index is -0.972. The van der Waals surface area contributed by atoms with Gasteiger partial charge in [-0.3, -0.25) is 4.84 Å². The maximum absolute atomic E-state index is 11.1. The molecule has 0 aromatic rings. The van der Waals surface area contributed by atoms with Gasteiger partial charge in [0.05, 0.1) is 6.10 Å². The average molecular weight is 287 g/mol. The lowest BCUT2D eigenvalue weighted by molar-refractivity contribution is -0.330. The summed E-state index contributed by atoms with van der Waals surface area (Å²) in [5.74, 6) is -0.950. The summed E-state index contributed by atoms with van der Waals surface area (Å²) < 4.78 is 0. The second kappa shape index (κ2) is 6.00. The van der Waals surface area contributed by atoms with E-state index in [1.807, 2.05) is 39.7 Å². The Morgan fingerprint density at radius 2 is 1.95 bits per heavy atom. The van der Waals surface area contributed by atoms with Crippen LogP contribution in [0.3, 0.4) is 0 Å². The summed E-state index contributed by atoms with van der Waals surface area (Å²) >= 11 is 0. The van der Waals surface area contributed by atoms with E-state index in [9.17, 15) is 9.90 Å². The fourth-order valence-electron chi connectivity index (χ4n) is 3.13. The molecular formula is C15H29NO4. The Hall–Kier alpha value is -0.650. The van der Waals surface area contributed by atoms with Crippen LogP contribution < -0.4 is 0 Å². The number of aliphatic hydroxyl groups excluding tert-OH is 1. The standard InChI is InChI=1S/C15H29NO4/c1-7-14(5)9-12(17)10(3)15(6,8-2)16(14)20-11(4)13(18)19/h10-12,17H,7-9H2,1-6H3,(H,18,19). The van der Waals surface area contributed by atoms with Crippen molar-refractivity contribution in [3.63, 3.8) is 0 Å². The van der Waals surface area contributed by atoms with E-state index in [-0.39, 0.29) is 17.0 Å². The zero-order chi connectivity index (χ0) is 15.7. The van der Waals surface area contributed by atoms with Gasteiger partial charge in [-0.15, -0.1) is 0 Å². The zero-order valence-corrected chi connectivity index (χ0v) is 13.5. The van der Waals surface area contributed by atoms with Crippen LogP contribution in [0.1, 0.15) is 60.8 Å². The van der Waals surface area contributed by atoms with Crippen LogP contribution in [0.2, 0.25) is 0 Å². The van der Waals surface area contributed by atoms with Gasteiger partial charge in [0.25, 0.3) is 0 Å². The van der Waals surface area contributed by atoms with Crippen LogP contribution in [0, 0.1) is 5.92 Å². The Kier molecular flexibility index (Phi) is 5.22. The number of hydrogen-bond acceptors (Lipinski definition) is 4. The number of carbonyl (C=O) groups is 1. The van der Waals surface area contributed by atoms with Crippen LogP contribution in [0.15, 0.2) is 0 Å². The molecule has 1 saturated heterocycles. The highest BCUT2D eigenvalue weighted by atomic mass is 16.7. The monoisotopic (exact) mass is 287 g/mol. The van der Waals surface area contributed by atoms with Gasteiger partial charge in [-0.25, -0.2) is 4.79 Å². The van der Waals surface area contributed by atoms with E-state index in [2.05, 4.69) is 0 Å². The van der Waals surface area contributed by atoms with Gasteiger partial charge in [-0.05, 0) is 40.0 Å². The summed E-state index contributed by atoms with van der Waals surface area (Å²) in [7, 11) is 0. The van der Waals surface area contributed by atoms with Crippen LogP contribution in [-0.2, 0) is 9.63 Å². The molecule has 0 spiro atoms. The molecule has 5 heteroatoms. The SMILES string of the molecule is CCC1(C)CC(O)C(C)C(C)(CC)N1OC(C)C(=O)O. The molecule has 0 aromatic carbocycles. The molecule has 1 heterocycles. The molecule has 0 aliphatic carbocycles. The van der Waals surface area contributed by atoms with Crippen molar-refractivity contribution in [1.29, 1.82) is 0 Å². The van der Waals surface area contributed by atoms with Gasteiger partial charge in [0.1, 0.15) is 0 Å². The molecule has 5 nitrogen and oxygen atoms in total. The molecule has 1 aliphatic rings. The van der Waals surface area contributed by atoms with Gasteiger partial charge in [-0.1, -0.05) is 20.8 Å². The number of carboxylic acids is 1. The average Bonchev–Trinajstić information content (AvgIpc) is 2.40. The first-order valence-corrected chi connectivity index (χ1v) is 7.50. The normalized spacial score (nSPS) is 40.5. The Labute approximate surface area is 121 Å². The molecule has 5 atom stereocenters. The maximum Gasteiger partial charge on any atom is 0.334 e.